The summed E-state index contributed by atoms with van der Waals surface area (Å²) in [6.45, 7) is 6.68. The Morgan fingerprint density at radius 3 is 2.75 bits per heavy atom. The maximum absolute atomic E-state index is 12.2. The predicted molar refractivity (Wildman–Crippen MR) is 133 cm³/mol. The molecule has 11 heteroatoms. The first-order chi connectivity index (χ1) is 15.1. The Balaban J connectivity index is 1.83. The predicted octanol–water partition coefficient (Wildman–Crippen LogP) is 4.43. The zero-order valence-corrected chi connectivity index (χ0v) is 21.7. The molecule has 2 N–H and O–H groups in total. The summed E-state index contributed by atoms with van der Waals surface area (Å²) in [5.41, 5.74) is 6.75. The van der Waals surface area contributed by atoms with Crippen molar-refractivity contribution in [1.29, 1.82) is 0 Å². The molecule has 0 radical (unpaired) electrons. The topological polar surface area (TPSA) is 108 Å². The number of anilines is 1. The summed E-state index contributed by atoms with van der Waals surface area (Å²) in [5.74, 6) is 1.11. The van der Waals surface area contributed by atoms with Gasteiger partial charge in [0.15, 0.2) is 22.1 Å². The quantitative estimate of drug-likeness (QED) is 0.416. The summed E-state index contributed by atoms with van der Waals surface area (Å²) < 4.78 is 13.9. The molecule has 0 saturated heterocycles. The first kappa shape index (κ1) is 24.4. The van der Waals surface area contributed by atoms with Gasteiger partial charge >= 0.3 is 6.09 Å². The number of hydrogen-bond donors (Lipinski definition) is 1. The van der Waals surface area contributed by atoms with E-state index in [0.717, 1.165) is 19.4 Å². The molecular formula is C21H27IN6O3S. The van der Waals surface area contributed by atoms with E-state index in [1.807, 2.05) is 43.5 Å². The molecule has 3 aromatic rings. The minimum Gasteiger partial charge on any atom is -0.497 e. The number of rotatable bonds is 7. The number of nitrogen functional groups attached to an aromatic ring is 1. The fourth-order valence-electron chi connectivity index (χ4n) is 2.90. The van der Waals surface area contributed by atoms with Crippen molar-refractivity contribution in [2.24, 2.45) is 0 Å². The van der Waals surface area contributed by atoms with Crippen molar-refractivity contribution in [3.63, 3.8) is 0 Å². The van der Waals surface area contributed by atoms with Crippen LogP contribution >= 0.6 is 34.4 Å². The Hall–Kier alpha value is -2.28. The van der Waals surface area contributed by atoms with Crippen molar-refractivity contribution < 1.29 is 14.3 Å². The third-order valence-corrected chi connectivity index (χ3v) is 6.80. The van der Waals surface area contributed by atoms with Gasteiger partial charge in [-0.15, -0.1) is 0 Å². The lowest BCUT2D eigenvalue weighted by molar-refractivity contribution is 0.0295. The highest BCUT2D eigenvalue weighted by atomic mass is 127. The van der Waals surface area contributed by atoms with Gasteiger partial charge in [-0.1, -0.05) is 11.8 Å². The van der Waals surface area contributed by atoms with Crippen LogP contribution in [0, 0.1) is 3.57 Å². The zero-order chi connectivity index (χ0) is 23.5. The molecule has 2 heterocycles. The van der Waals surface area contributed by atoms with Crippen LogP contribution in [-0.4, -0.2) is 56.8 Å². The highest BCUT2D eigenvalue weighted by Crippen LogP contribution is 2.35. The Morgan fingerprint density at radius 1 is 1.31 bits per heavy atom. The number of aryl methyl sites for hydroxylation is 1. The van der Waals surface area contributed by atoms with E-state index in [2.05, 4.69) is 32.6 Å². The van der Waals surface area contributed by atoms with Gasteiger partial charge in [-0.25, -0.2) is 19.7 Å². The Kier molecular flexibility index (Phi) is 7.70. The van der Waals surface area contributed by atoms with E-state index in [0.29, 0.717) is 36.5 Å². The number of nitrogens with zero attached hydrogens (tertiary/aromatic N) is 5. The number of imidazole rings is 1. The Labute approximate surface area is 205 Å². The summed E-state index contributed by atoms with van der Waals surface area (Å²) in [4.78, 5) is 28.0. The van der Waals surface area contributed by atoms with Crippen LogP contribution in [0.4, 0.5) is 10.6 Å². The number of aromatic nitrogens is 4. The molecular weight excluding hydrogens is 543 g/mol. The average molecular weight is 570 g/mol. The lowest BCUT2D eigenvalue weighted by Gasteiger charge is -2.24. The summed E-state index contributed by atoms with van der Waals surface area (Å²) in [7, 11) is 3.37. The van der Waals surface area contributed by atoms with E-state index in [9.17, 15) is 4.79 Å². The molecule has 32 heavy (non-hydrogen) atoms. The van der Waals surface area contributed by atoms with Crippen LogP contribution < -0.4 is 10.5 Å². The second-order valence-corrected chi connectivity index (χ2v) is 10.3. The molecule has 172 valence electrons. The van der Waals surface area contributed by atoms with Gasteiger partial charge in [-0.3, -0.25) is 0 Å². The maximum Gasteiger partial charge on any atom is 0.410 e. The number of fused-ring (bicyclic) bond motifs is 1. The van der Waals surface area contributed by atoms with Gasteiger partial charge in [0, 0.05) is 28.6 Å². The van der Waals surface area contributed by atoms with E-state index in [-0.39, 0.29) is 6.09 Å². The van der Waals surface area contributed by atoms with Crippen LogP contribution in [-0.2, 0) is 11.3 Å². The molecule has 0 spiro atoms. The van der Waals surface area contributed by atoms with E-state index < -0.39 is 5.60 Å². The summed E-state index contributed by atoms with van der Waals surface area (Å²) in [5, 5.41) is 0.748. The number of methoxy groups -OCH3 is 1. The third-order valence-electron chi connectivity index (χ3n) is 4.45. The standard InChI is InChI=1S/C21H27IN6O3S/c1-21(2,3)31-20(29)27(4)9-6-10-28-18-16(17(23)24-12-25-18)26-19(28)32-15-11-13(30-5)7-8-14(15)22/h7-8,11-12H,6,9-10H2,1-5H3,(H2,23,24,25). The molecule has 3 rings (SSSR count). The molecule has 0 atom stereocenters. The van der Waals surface area contributed by atoms with Gasteiger partial charge in [0.25, 0.3) is 0 Å². The second kappa shape index (κ2) is 10.1. The van der Waals surface area contributed by atoms with Gasteiger partial charge in [-0.05, 0) is 68.0 Å². The van der Waals surface area contributed by atoms with Gasteiger partial charge in [-0.2, -0.15) is 0 Å². The van der Waals surface area contributed by atoms with Crippen LogP contribution in [0.2, 0.25) is 0 Å². The van der Waals surface area contributed by atoms with Crippen LogP contribution in [0.15, 0.2) is 34.6 Å². The lowest BCUT2D eigenvalue weighted by Crippen LogP contribution is -2.35. The fourth-order valence-corrected chi connectivity index (χ4v) is 4.53. The number of nitrogens with two attached hydrogens (primary N) is 1. The number of benzene rings is 1. The van der Waals surface area contributed by atoms with Gasteiger partial charge in [0.1, 0.15) is 17.7 Å². The van der Waals surface area contributed by atoms with E-state index >= 15 is 0 Å². The number of carbonyl (C=O) groups is 1. The van der Waals surface area contributed by atoms with Crippen LogP contribution in [0.1, 0.15) is 27.2 Å². The first-order valence-corrected chi connectivity index (χ1v) is 11.9. The molecule has 0 fully saturated rings. The molecule has 0 aliphatic rings. The highest BCUT2D eigenvalue weighted by Gasteiger charge is 2.20. The van der Waals surface area contributed by atoms with Crippen LogP contribution in [0.3, 0.4) is 0 Å². The van der Waals surface area contributed by atoms with Crippen molar-refractivity contribution in [3.05, 3.63) is 28.1 Å². The normalized spacial score (nSPS) is 11.6. The van der Waals surface area contributed by atoms with Crippen molar-refractivity contribution in [1.82, 2.24) is 24.4 Å². The highest BCUT2D eigenvalue weighted by molar-refractivity contribution is 14.1. The summed E-state index contributed by atoms with van der Waals surface area (Å²) in [6, 6.07) is 5.89. The molecule has 9 nitrogen and oxygen atoms in total. The lowest BCUT2D eigenvalue weighted by atomic mass is 10.2. The van der Waals surface area contributed by atoms with E-state index in [1.54, 1.807) is 19.1 Å². The third kappa shape index (κ3) is 5.94. The van der Waals surface area contributed by atoms with Crippen molar-refractivity contribution >= 4 is 57.4 Å². The van der Waals surface area contributed by atoms with E-state index in [4.69, 9.17) is 20.2 Å². The Bertz CT molecular complexity index is 1110. The number of carbonyl (C=O) groups excluding carboxylic acids is 1. The molecule has 0 unspecified atom stereocenters. The van der Waals surface area contributed by atoms with E-state index in [1.165, 1.54) is 18.1 Å². The number of halogens is 1. The molecule has 0 aliphatic carbocycles. The minimum atomic E-state index is -0.530. The SMILES string of the molecule is COc1ccc(I)c(Sc2nc3c(N)ncnc3n2CCCN(C)C(=O)OC(C)(C)C)c1. The zero-order valence-electron chi connectivity index (χ0n) is 18.8. The van der Waals surface area contributed by atoms with Crippen LogP contribution in [0.5, 0.6) is 5.75 Å². The number of ether oxygens (including phenoxy) is 2. The fraction of sp³-hybridized carbons (Fsp3) is 0.429. The summed E-state index contributed by atoms with van der Waals surface area (Å²) >= 11 is 3.80. The second-order valence-electron chi connectivity index (χ2n) is 8.13. The van der Waals surface area contributed by atoms with Crippen molar-refractivity contribution in [2.75, 3.05) is 26.4 Å². The summed E-state index contributed by atoms with van der Waals surface area (Å²) in [6.07, 6.45) is 1.78. The molecule has 1 aromatic carbocycles. The average Bonchev–Trinajstić information content (AvgIpc) is 3.07. The largest absolute Gasteiger partial charge is 0.497 e. The minimum absolute atomic E-state index is 0.335. The molecule has 2 aromatic heterocycles. The van der Waals surface area contributed by atoms with Crippen molar-refractivity contribution in [2.45, 2.75) is 49.4 Å². The van der Waals surface area contributed by atoms with Crippen LogP contribution in [0.25, 0.3) is 11.2 Å². The number of amides is 1. The Morgan fingerprint density at radius 2 is 2.06 bits per heavy atom. The monoisotopic (exact) mass is 570 g/mol. The smallest absolute Gasteiger partial charge is 0.410 e. The number of hydrogen-bond acceptors (Lipinski definition) is 8. The van der Waals surface area contributed by atoms with Gasteiger partial charge < -0.3 is 24.7 Å². The molecule has 1 amide bonds. The molecule has 0 saturated carbocycles. The van der Waals surface area contributed by atoms with Gasteiger partial charge in [0.05, 0.1) is 7.11 Å². The molecule has 0 aliphatic heterocycles. The van der Waals surface area contributed by atoms with Crippen molar-refractivity contribution in [3.8, 4) is 5.75 Å². The maximum atomic E-state index is 12.2. The first-order valence-electron chi connectivity index (χ1n) is 10.0. The molecule has 0 bridgehead atoms. The van der Waals surface area contributed by atoms with Gasteiger partial charge in [0.2, 0.25) is 0 Å².